The first-order valence-electron chi connectivity index (χ1n) is 2.02. The summed E-state index contributed by atoms with van der Waals surface area (Å²) in [7, 11) is 0. The highest BCUT2D eigenvalue weighted by Gasteiger charge is 1.86. The summed E-state index contributed by atoms with van der Waals surface area (Å²) in [6, 6.07) is 0. The largest absolute Gasteiger partial charge is 0.213 e. The zero-order chi connectivity index (χ0) is 5.11. The number of nitrogens with zero attached hydrogens (tertiary/aromatic N) is 1. The van der Waals surface area contributed by atoms with Gasteiger partial charge in [0.2, 0.25) is 0 Å². The maximum Gasteiger partial charge on any atom is 0.0831 e. The summed E-state index contributed by atoms with van der Waals surface area (Å²) in [4.78, 5) is 3.66. The van der Waals surface area contributed by atoms with Gasteiger partial charge in [-0.15, -0.1) is 0 Å². The van der Waals surface area contributed by atoms with Crippen LogP contribution >= 0.6 is 11.6 Å². The van der Waals surface area contributed by atoms with E-state index < -0.39 is 0 Å². The van der Waals surface area contributed by atoms with E-state index in [1.165, 1.54) is 0 Å². The minimum absolute atomic E-state index is 0.683. The summed E-state index contributed by atoms with van der Waals surface area (Å²) in [6.07, 6.45) is 4.36. The lowest BCUT2D eigenvalue weighted by atomic mass is 10.4. The van der Waals surface area contributed by atoms with Crippen molar-refractivity contribution in [3.05, 3.63) is 17.3 Å². The molecule has 0 unspecified atom stereocenters. The third-order valence-electron chi connectivity index (χ3n) is 0.663. The molecule has 1 heterocycles. The third kappa shape index (κ3) is 1.19. The molecule has 2 heteroatoms. The molecule has 0 fully saturated rings. The van der Waals surface area contributed by atoms with Gasteiger partial charge in [0.1, 0.15) is 0 Å². The molecule has 0 aromatic rings. The molecule has 0 bridgehead atoms. The van der Waals surface area contributed by atoms with Gasteiger partial charge in [-0.05, 0) is 0 Å². The second kappa shape index (κ2) is 1.97. The fraction of sp³-hybridized carbons (Fsp3) is 0.200. The highest BCUT2D eigenvalue weighted by molar-refractivity contribution is 6.33. The van der Waals surface area contributed by atoms with E-state index in [0.29, 0.717) is 5.03 Å². The molecule has 0 saturated carbocycles. The minimum atomic E-state index is 0.683. The third-order valence-corrected chi connectivity index (χ3v) is 0.902. The van der Waals surface area contributed by atoms with E-state index in [1.807, 2.05) is 6.08 Å². The van der Waals surface area contributed by atoms with Crippen LogP contribution in [0.15, 0.2) is 22.3 Å². The fourth-order valence-corrected chi connectivity index (χ4v) is 0.500. The number of allylic oxidation sites excluding steroid dienone is 2. The Labute approximate surface area is 47.0 Å². The minimum Gasteiger partial charge on any atom is -0.213 e. The summed E-state index contributed by atoms with van der Waals surface area (Å²) >= 11 is 5.48. The highest BCUT2D eigenvalue weighted by atomic mass is 35.5. The second-order valence-corrected chi connectivity index (χ2v) is 1.69. The maximum atomic E-state index is 5.48. The first-order valence-corrected chi connectivity index (χ1v) is 2.39. The second-order valence-electron chi connectivity index (χ2n) is 1.23. The van der Waals surface area contributed by atoms with Gasteiger partial charge in [0.15, 0.2) is 0 Å². The Hall–Kier alpha value is -0.520. The maximum absolute atomic E-state index is 5.48. The molecular formula is C5H4ClN. The molecule has 0 aromatic heterocycles. The Morgan fingerprint density at radius 2 is 2.71 bits per heavy atom. The zero-order valence-electron chi connectivity index (χ0n) is 3.69. The molecule has 1 aliphatic rings. The average Bonchev–Trinajstić information content (AvgIpc) is 1.69. The van der Waals surface area contributed by atoms with Gasteiger partial charge < -0.3 is 0 Å². The molecule has 1 aliphatic heterocycles. The summed E-state index contributed by atoms with van der Waals surface area (Å²) in [5.74, 6) is 2.60. The predicted octanol–water partition coefficient (Wildman–Crippen LogP) is 1.70. The Kier molecular flexibility index (Phi) is 1.30. The van der Waals surface area contributed by atoms with Crippen LogP contribution in [0.5, 0.6) is 0 Å². The lowest BCUT2D eigenvalue weighted by Crippen LogP contribution is -1.72. The summed E-state index contributed by atoms with van der Waals surface area (Å²) in [5, 5.41) is 0.683. The van der Waals surface area contributed by atoms with Crippen LogP contribution in [-0.4, -0.2) is 5.87 Å². The van der Waals surface area contributed by atoms with Gasteiger partial charge in [-0.1, -0.05) is 17.7 Å². The Bertz CT molecular complexity index is 151. The van der Waals surface area contributed by atoms with Crippen molar-refractivity contribution in [3.8, 4) is 0 Å². The van der Waals surface area contributed by atoms with Crippen LogP contribution in [0.1, 0.15) is 6.42 Å². The SMILES string of the molecule is ClC1=C=NC=CC1. The van der Waals surface area contributed by atoms with E-state index in [9.17, 15) is 0 Å². The highest BCUT2D eigenvalue weighted by Crippen LogP contribution is 2.05. The molecule has 0 aliphatic carbocycles. The smallest absolute Gasteiger partial charge is 0.0831 e. The van der Waals surface area contributed by atoms with Gasteiger partial charge in [0, 0.05) is 18.5 Å². The van der Waals surface area contributed by atoms with Gasteiger partial charge in [0.05, 0.1) is 5.03 Å². The van der Waals surface area contributed by atoms with Crippen molar-refractivity contribution in [1.29, 1.82) is 0 Å². The molecule has 7 heavy (non-hydrogen) atoms. The van der Waals surface area contributed by atoms with Gasteiger partial charge in [-0.2, -0.15) is 0 Å². The van der Waals surface area contributed by atoms with E-state index in [1.54, 1.807) is 6.20 Å². The topological polar surface area (TPSA) is 12.4 Å². The molecule has 1 rings (SSSR count). The molecule has 0 spiro atoms. The van der Waals surface area contributed by atoms with Crippen molar-refractivity contribution < 1.29 is 0 Å². The monoisotopic (exact) mass is 113 g/mol. The summed E-state index contributed by atoms with van der Waals surface area (Å²) in [6.45, 7) is 0. The van der Waals surface area contributed by atoms with Crippen LogP contribution in [0.2, 0.25) is 0 Å². The van der Waals surface area contributed by atoms with Crippen LogP contribution in [0, 0.1) is 0 Å². The van der Waals surface area contributed by atoms with Crippen molar-refractivity contribution >= 4 is 17.5 Å². The summed E-state index contributed by atoms with van der Waals surface area (Å²) < 4.78 is 0. The van der Waals surface area contributed by atoms with E-state index in [-0.39, 0.29) is 0 Å². The molecule has 0 saturated heterocycles. The average molecular weight is 114 g/mol. The number of aliphatic imine (C=N–C) groups is 1. The first-order chi connectivity index (χ1) is 3.39. The van der Waals surface area contributed by atoms with Crippen LogP contribution in [0.25, 0.3) is 0 Å². The molecule has 1 nitrogen and oxygen atoms in total. The van der Waals surface area contributed by atoms with Crippen molar-refractivity contribution in [2.75, 3.05) is 0 Å². The fourth-order valence-electron chi connectivity index (χ4n) is 0.362. The number of rotatable bonds is 0. The van der Waals surface area contributed by atoms with E-state index in [0.717, 1.165) is 6.42 Å². The van der Waals surface area contributed by atoms with Crippen molar-refractivity contribution in [2.24, 2.45) is 4.99 Å². The van der Waals surface area contributed by atoms with Crippen LogP contribution in [-0.2, 0) is 0 Å². The molecule has 0 radical (unpaired) electrons. The number of hydrogen-bond acceptors (Lipinski definition) is 1. The lowest BCUT2D eigenvalue weighted by molar-refractivity contribution is 1.32. The molecule has 0 atom stereocenters. The molecule has 0 aromatic carbocycles. The van der Waals surface area contributed by atoms with E-state index >= 15 is 0 Å². The lowest BCUT2D eigenvalue weighted by Gasteiger charge is -1.86. The Morgan fingerprint density at radius 1 is 1.86 bits per heavy atom. The van der Waals surface area contributed by atoms with Gasteiger partial charge in [-0.25, -0.2) is 4.99 Å². The van der Waals surface area contributed by atoms with Crippen molar-refractivity contribution in [1.82, 2.24) is 0 Å². The van der Waals surface area contributed by atoms with E-state index in [4.69, 9.17) is 11.6 Å². The van der Waals surface area contributed by atoms with Crippen LogP contribution in [0.4, 0.5) is 0 Å². The predicted molar refractivity (Wildman–Crippen MR) is 30.6 cm³/mol. The van der Waals surface area contributed by atoms with Gasteiger partial charge >= 0.3 is 0 Å². The zero-order valence-corrected chi connectivity index (χ0v) is 4.44. The number of halogens is 1. The Balaban J connectivity index is 2.84. The standard InChI is InChI=1S/C5H4ClN/c6-5-2-1-3-7-4-5/h1,3H,2H2. The quantitative estimate of drug-likeness (QED) is 0.453. The Morgan fingerprint density at radius 3 is 3.00 bits per heavy atom. The summed E-state index contributed by atoms with van der Waals surface area (Å²) in [5.41, 5.74) is 0. The van der Waals surface area contributed by atoms with E-state index in [2.05, 4.69) is 10.9 Å². The first kappa shape index (κ1) is 4.63. The van der Waals surface area contributed by atoms with Crippen LogP contribution in [0.3, 0.4) is 0 Å². The molecule has 0 N–H and O–H groups in total. The van der Waals surface area contributed by atoms with Crippen LogP contribution < -0.4 is 0 Å². The number of hydrogen-bond donors (Lipinski definition) is 0. The molecule has 36 valence electrons. The molecule has 0 amide bonds. The normalized spacial score (nSPS) is 17.0. The van der Waals surface area contributed by atoms with Gasteiger partial charge in [-0.3, -0.25) is 0 Å². The van der Waals surface area contributed by atoms with Gasteiger partial charge in [0.25, 0.3) is 0 Å². The molecular weight excluding hydrogens is 110 g/mol. The van der Waals surface area contributed by atoms with Crippen molar-refractivity contribution in [3.63, 3.8) is 0 Å². The van der Waals surface area contributed by atoms with Crippen molar-refractivity contribution in [2.45, 2.75) is 6.42 Å².